The summed E-state index contributed by atoms with van der Waals surface area (Å²) in [5.41, 5.74) is 0.647. The van der Waals surface area contributed by atoms with E-state index < -0.39 is 0 Å². The lowest BCUT2D eigenvalue weighted by Gasteiger charge is -2.09. The Labute approximate surface area is 146 Å². The molecule has 0 bridgehead atoms. The Morgan fingerprint density at radius 1 is 0.833 bits per heavy atom. The van der Waals surface area contributed by atoms with Crippen LogP contribution < -0.4 is 0 Å². The summed E-state index contributed by atoms with van der Waals surface area (Å²) in [6, 6.07) is 7.50. The molecule has 0 aliphatic carbocycles. The van der Waals surface area contributed by atoms with Gasteiger partial charge in [-0.05, 0) is 35.7 Å². The average Bonchev–Trinajstić information content (AvgIpc) is 3.17. The van der Waals surface area contributed by atoms with E-state index in [1.165, 1.54) is 23.5 Å². The SMILES string of the molecule is Cn1cnnc1Sc1cc(C#N)c(C#N)cc1Sc1nncn1C. The molecule has 0 amide bonds. The molecule has 0 atom stereocenters. The van der Waals surface area contributed by atoms with Crippen LogP contribution in [-0.4, -0.2) is 29.5 Å². The number of nitrogens with zero attached hydrogens (tertiary/aromatic N) is 8. The third kappa shape index (κ3) is 3.11. The Morgan fingerprint density at radius 3 is 1.54 bits per heavy atom. The van der Waals surface area contributed by atoms with Crippen LogP contribution in [0.1, 0.15) is 11.1 Å². The average molecular weight is 354 g/mol. The normalized spacial score (nSPS) is 10.3. The summed E-state index contributed by atoms with van der Waals surface area (Å²) in [5, 5.41) is 35.7. The molecule has 0 spiro atoms. The van der Waals surface area contributed by atoms with Crippen molar-refractivity contribution in [2.24, 2.45) is 14.1 Å². The molecule has 0 saturated heterocycles. The fourth-order valence-electron chi connectivity index (χ4n) is 1.83. The predicted molar refractivity (Wildman–Crippen MR) is 86.1 cm³/mol. The largest absolute Gasteiger partial charge is 0.311 e. The fraction of sp³-hybridized carbons (Fsp3) is 0.143. The molecule has 0 aliphatic rings. The van der Waals surface area contributed by atoms with Crippen molar-refractivity contribution in [3.63, 3.8) is 0 Å². The van der Waals surface area contributed by atoms with Crippen LogP contribution in [-0.2, 0) is 14.1 Å². The molecule has 10 heteroatoms. The molecule has 2 aromatic heterocycles. The number of aryl methyl sites for hydroxylation is 2. The van der Waals surface area contributed by atoms with Gasteiger partial charge in [-0.25, -0.2) is 0 Å². The van der Waals surface area contributed by atoms with Crippen LogP contribution in [0.15, 0.2) is 44.9 Å². The van der Waals surface area contributed by atoms with Crippen LogP contribution in [0.4, 0.5) is 0 Å². The molecular weight excluding hydrogens is 344 g/mol. The highest BCUT2D eigenvalue weighted by molar-refractivity contribution is 8.02. The lowest BCUT2D eigenvalue weighted by atomic mass is 10.1. The van der Waals surface area contributed by atoms with E-state index in [1.54, 1.807) is 33.9 Å². The maximum absolute atomic E-state index is 9.27. The minimum Gasteiger partial charge on any atom is -0.311 e. The van der Waals surface area contributed by atoms with E-state index in [4.69, 9.17) is 0 Å². The van der Waals surface area contributed by atoms with Gasteiger partial charge < -0.3 is 9.13 Å². The van der Waals surface area contributed by atoms with E-state index in [0.717, 1.165) is 9.79 Å². The molecule has 24 heavy (non-hydrogen) atoms. The quantitative estimate of drug-likeness (QED) is 0.699. The van der Waals surface area contributed by atoms with E-state index >= 15 is 0 Å². The van der Waals surface area contributed by atoms with Crippen molar-refractivity contribution < 1.29 is 0 Å². The van der Waals surface area contributed by atoms with E-state index in [-0.39, 0.29) is 0 Å². The van der Waals surface area contributed by atoms with Gasteiger partial charge in [0.15, 0.2) is 10.3 Å². The standard InChI is InChI=1S/C14H10N8S2/c1-21-7-17-19-13(21)23-11-3-9(5-15)10(6-16)4-12(11)24-14-20-18-8-22(14)2/h3-4,7-8H,1-2H3. The second-order valence-corrected chi connectivity index (χ2v) is 6.74. The summed E-state index contributed by atoms with van der Waals surface area (Å²) in [6.07, 6.45) is 3.21. The van der Waals surface area contributed by atoms with Crippen molar-refractivity contribution in [2.45, 2.75) is 20.1 Å². The molecule has 0 unspecified atom stereocenters. The maximum atomic E-state index is 9.27. The van der Waals surface area contributed by atoms with Gasteiger partial charge in [0, 0.05) is 23.9 Å². The van der Waals surface area contributed by atoms with Crippen molar-refractivity contribution in [3.05, 3.63) is 35.9 Å². The first-order valence-corrected chi connectivity index (χ1v) is 8.27. The molecular formula is C14H10N8S2. The van der Waals surface area contributed by atoms with Crippen molar-refractivity contribution in [1.29, 1.82) is 10.5 Å². The van der Waals surface area contributed by atoms with Gasteiger partial charge in [0.1, 0.15) is 24.8 Å². The van der Waals surface area contributed by atoms with Gasteiger partial charge in [-0.3, -0.25) is 0 Å². The molecule has 3 rings (SSSR count). The first-order chi connectivity index (χ1) is 11.6. The zero-order chi connectivity index (χ0) is 17.1. The zero-order valence-electron chi connectivity index (χ0n) is 12.7. The summed E-state index contributed by atoms with van der Waals surface area (Å²) < 4.78 is 3.57. The van der Waals surface area contributed by atoms with Crippen LogP contribution >= 0.6 is 23.5 Å². The Balaban J connectivity index is 2.07. The molecule has 1 aromatic carbocycles. The highest BCUT2D eigenvalue weighted by Crippen LogP contribution is 2.38. The number of hydrogen-bond acceptors (Lipinski definition) is 8. The summed E-state index contributed by atoms with van der Waals surface area (Å²) in [6.45, 7) is 0. The zero-order valence-corrected chi connectivity index (χ0v) is 14.3. The Bertz CT molecular complexity index is 896. The summed E-state index contributed by atoms with van der Waals surface area (Å²) in [5.74, 6) is 0. The van der Waals surface area contributed by atoms with Gasteiger partial charge in [-0.2, -0.15) is 10.5 Å². The molecule has 8 nitrogen and oxygen atoms in total. The van der Waals surface area contributed by atoms with Crippen LogP contribution in [0.3, 0.4) is 0 Å². The van der Waals surface area contributed by atoms with E-state index in [0.29, 0.717) is 21.4 Å². The molecule has 118 valence electrons. The topological polar surface area (TPSA) is 109 Å². The van der Waals surface area contributed by atoms with Crippen molar-refractivity contribution in [3.8, 4) is 12.1 Å². The lowest BCUT2D eigenvalue weighted by molar-refractivity contribution is 0.785. The monoisotopic (exact) mass is 354 g/mol. The number of hydrogen-bond donors (Lipinski definition) is 0. The van der Waals surface area contributed by atoms with Gasteiger partial charge in [0.2, 0.25) is 0 Å². The molecule has 2 heterocycles. The fourth-order valence-corrected chi connectivity index (χ4v) is 3.71. The predicted octanol–water partition coefficient (Wildman–Crippen LogP) is 1.99. The van der Waals surface area contributed by atoms with Gasteiger partial charge in [0.25, 0.3) is 0 Å². The third-order valence-corrected chi connectivity index (χ3v) is 5.42. The minimum absolute atomic E-state index is 0.324. The van der Waals surface area contributed by atoms with Gasteiger partial charge >= 0.3 is 0 Å². The smallest absolute Gasteiger partial charge is 0.195 e. The Hall–Kier alpha value is -2.82. The number of aromatic nitrogens is 6. The first-order valence-electron chi connectivity index (χ1n) is 6.64. The molecule has 0 saturated carbocycles. The highest BCUT2D eigenvalue weighted by atomic mass is 32.2. The minimum atomic E-state index is 0.324. The van der Waals surface area contributed by atoms with Crippen LogP contribution in [0, 0.1) is 22.7 Å². The molecule has 0 N–H and O–H groups in total. The van der Waals surface area contributed by atoms with Gasteiger partial charge in [-0.15, -0.1) is 20.4 Å². The van der Waals surface area contributed by atoms with Crippen molar-refractivity contribution in [2.75, 3.05) is 0 Å². The van der Waals surface area contributed by atoms with E-state index in [1.807, 2.05) is 14.1 Å². The second-order valence-electron chi connectivity index (χ2n) is 4.72. The summed E-state index contributed by atoms with van der Waals surface area (Å²) in [4.78, 5) is 1.60. The lowest BCUT2D eigenvalue weighted by Crippen LogP contribution is -1.94. The van der Waals surface area contributed by atoms with Crippen molar-refractivity contribution in [1.82, 2.24) is 29.5 Å². The van der Waals surface area contributed by atoms with Crippen molar-refractivity contribution >= 4 is 23.5 Å². The van der Waals surface area contributed by atoms with Crippen LogP contribution in [0.2, 0.25) is 0 Å². The van der Waals surface area contributed by atoms with Gasteiger partial charge in [-0.1, -0.05) is 0 Å². The van der Waals surface area contributed by atoms with E-state index in [2.05, 4.69) is 32.5 Å². The van der Waals surface area contributed by atoms with Crippen LogP contribution in [0.25, 0.3) is 0 Å². The summed E-state index contributed by atoms with van der Waals surface area (Å²) >= 11 is 2.75. The van der Waals surface area contributed by atoms with Gasteiger partial charge in [0.05, 0.1) is 11.1 Å². The summed E-state index contributed by atoms with van der Waals surface area (Å²) in [7, 11) is 3.68. The third-order valence-electron chi connectivity index (χ3n) is 3.07. The second kappa shape index (κ2) is 6.74. The Morgan fingerprint density at radius 2 is 1.25 bits per heavy atom. The number of rotatable bonds is 4. The number of nitriles is 2. The molecule has 3 aromatic rings. The molecule has 0 aliphatic heterocycles. The highest BCUT2D eigenvalue weighted by Gasteiger charge is 2.16. The molecule has 0 fully saturated rings. The first kappa shape index (κ1) is 16.1. The molecule has 0 radical (unpaired) electrons. The van der Waals surface area contributed by atoms with E-state index in [9.17, 15) is 10.5 Å². The number of benzene rings is 1. The Kier molecular flexibility index (Phi) is 4.51. The van der Waals surface area contributed by atoms with Crippen LogP contribution in [0.5, 0.6) is 0 Å². The maximum Gasteiger partial charge on any atom is 0.195 e.